The van der Waals surface area contributed by atoms with Gasteiger partial charge in [-0.25, -0.2) is 0 Å². The summed E-state index contributed by atoms with van der Waals surface area (Å²) in [5, 5.41) is 7.11. The fourth-order valence-corrected chi connectivity index (χ4v) is 13.1. The number of nitrogens with zero attached hydrogens (tertiary/aromatic N) is 2. The smallest absolute Gasteiger partial charge is 0.143 e. The molecule has 1 aliphatic carbocycles. The molecule has 12 aromatic carbocycles. The maximum atomic E-state index is 7.15. The first-order valence-corrected chi connectivity index (χ1v) is 26.2. The van der Waals surface area contributed by atoms with Crippen molar-refractivity contribution in [1.29, 1.82) is 0 Å². The van der Waals surface area contributed by atoms with E-state index in [2.05, 4.69) is 288 Å². The first-order valence-electron chi connectivity index (χ1n) is 26.2. The van der Waals surface area contributed by atoms with E-state index < -0.39 is 5.41 Å². The predicted octanol–water partition coefficient (Wildman–Crippen LogP) is 19.1. The second kappa shape index (κ2) is 16.5. The summed E-state index contributed by atoms with van der Waals surface area (Å²) < 4.78 is 12.0. The lowest BCUT2D eigenvalue weighted by atomic mass is 9.67. The van der Waals surface area contributed by atoms with Crippen LogP contribution in [0.5, 0.6) is 0 Å². The highest BCUT2D eigenvalue weighted by Gasteiger charge is 2.46. The summed E-state index contributed by atoms with van der Waals surface area (Å²) in [5.74, 6) is 0. The Morgan fingerprint density at radius 3 is 1.47 bits per heavy atom. The van der Waals surface area contributed by atoms with Gasteiger partial charge in [-0.1, -0.05) is 218 Å². The summed E-state index contributed by atoms with van der Waals surface area (Å²) in [6.45, 7) is 0. The predicted molar refractivity (Wildman–Crippen MR) is 316 cm³/mol. The SMILES string of the molecule is c1ccc(-c2ccc(C3(c4ccccc4)c4ccccc4-c4ccc(-c5cccc6c5oc5cc(-n7c8ccccc8c8ccc(-c9ccc%10c%11ccccc%11n(-c%11ccccc%11)c%10c9)cc87)ccc56)cc43)cc2)cc1. The number of fused-ring (bicyclic) bond motifs is 12. The number of benzene rings is 12. The second-order valence-corrected chi connectivity index (χ2v) is 20.3. The number of hydrogen-bond acceptors (Lipinski definition) is 1. The molecule has 0 fully saturated rings. The average Bonchev–Trinajstić information content (AvgIpc) is 4.31. The second-order valence-electron chi connectivity index (χ2n) is 20.3. The van der Waals surface area contributed by atoms with Gasteiger partial charge in [0.2, 0.25) is 0 Å². The molecule has 0 N–H and O–H groups in total. The topological polar surface area (TPSA) is 23.0 Å². The van der Waals surface area contributed by atoms with Gasteiger partial charge in [0, 0.05) is 55.3 Å². The lowest BCUT2D eigenvalue weighted by molar-refractivity contribution is 0.669. The van der Waals surface area contributed by atoms with Crippen LogP contribution in [0.2, 0.25) is 0 Å². The van der Waals surface area contributed by atoms with Crippen molar-refractivity contribution >= 4 is 65.6 Å². The van der Waals surface area contributed by atoms with E-state index in [9.17, 15) is 0 Å². The first kappa shape index (κ1) is 42.5. The molecule has 0 aliphatic heterocycles. The van der Waals surface area contributed by atoms with E-state index in [0.717, 1.165) is 61.0 Å². The normalized spacial score (nSPS) is 14.1. The zero-order valence-corrected chi connectivity index (χ0v) is 41.4. The molecule has 0 saturated heterocycles. The Balaban J connectivity index is 0.841. The molecular weight excluding hydrogens is 921 g/mol. The Hall–Kier alpha value is -9.96. The van der Waals surface area contributed by atoms with Gasteiger partial charge in [-0.15, -0.1) is 0 Å². The van der Waals surface area contributed by atoms with Crippen LogP contribution in [-0.2, 0) is 5.41 Å². The van der Waals surface area contributed by atoms with E-state index in [1.54, 1.807) is 0 Å². The van der Waals surface area contributed by atoms with Gasteiger partial charge in [-0.05, 0) is 116 Å². The maximum absolute atomic E-state index is 7.15. The molecule has 1 unspecified atom stereocenters. The van der Waals surface area contributed by atoms with Crippen molar-refractivity contribution < 1.29 is 4.42 Å². The third kappa shape index (κ3) is 6.17. The van der Waals surface area contributed by atoms with Crippen molar-refractivity contribution in [2.75, 3.05) is 0 Å². The van der Waals surface area contributed by atoms with Gasteiger partial charge in [0.25, 0.3) is 0 Å². The van der Waals surface area contributed by atoms with E-state index in [1.807, 2.05) is 0 Å². The fraction of sp³-hybridized carbons (Fsp3) is 0.0137. The number of rotatable bonds is 7. The standard InChI is InChI=1S/C73H46N2O/c1-4-17-47(18-5-1)48-31-36-53(37-32-48)73(52-19-6-2-7-20-52)65-28-13-10-23-57(65)58-39-35-51(43-66(58)73)56-26-16-27-64-63-42-38-55(46-71(63)76-72(56)64)75-68-30-15-12-25-60(68)62-41-34-50(45-70(62)75)49-33-40-61-59-24-11-14-29-67(59)74(69(61)44-49)54-21-8-3-9-22-54/h1-46H. The van der Waals surface area contributed by atoms with E-state index in [1.165, 1.54) is 82.6 Å². The molecule has 3 heteroatoms. The van der Waals surface area contributed by atoms with E-state index in [4.69, 9.17) is 4.42 Å². The summed E-state index contributed by atoms with van der Waals surface area (Å²) in [7, 11) is 0. The summed E-state index contributed by atoms with van der Waals surface area (Å²) >= 11 is 0. The molecule has 0 spiro atoms. The number of furan rings is 1. The van der Waals surface area contributed by atoms with Crippen LogP contribution in [0.25, 0.3) is 121 Å². The van der Waals surface area contributed by atoms with Gasteiger partial charge < -0.3 is 13.6 Å². The lowest BCUT2D eigenvalue weighted by Crippen LogP contribution is -2.28. The Kier molecular flexibility index (Phi) is 9.25. The van der Waals surface area contributed by atoms with Gasteiger partial charge in [-0.2, -0.15) is 0 Å². The van der Waals surface area contributed by atoms with Crippen molar-refractivity contribution in [3.8, 4) is 55.9 Å². The molecule has 15 aromatic rings. The molecule has 0 saturated carbocycles. The maximum Gasteiger partial charge on any atom is 0.143 e. The van der Waals surface area contributed by atoms with Gasteiger partial charge in [0.1, 0.15) is 11.2 Å². The first-order chi connectivity index (χ1) is 37.7. The van der Waals surface area contributed by atoms with Crippen molar-refractivity contribution in [3.05, 3.63) is 301 Å². The minimum absolute atomic E-state index is 0.549. The molecule has 1 aliphatic rings. The van der Waals surface area contributed by atoms with Gasteiger partial charge in [-0.3, -0.25) is 0 Å². The van der Waals surface area contributed by atoms with Crippen LogP contribution in [0.15, 0.2) is 283 Å². The Morgan fingerprint density at radius 2 is 0.763 bits per heavy atom. The Morgan fingerprint density at radius 1 is 0.263 bits per heavy atom. The number of para-hydroxylation sites is 4. The van der Waals surface area contributed by atoms with Crippen molar-refractivity contribution in [2.45, 2.75) is 5.41 Å². The van der Waals surface area contributed by atoms with Crippen LogP contribution in [0.1, 0.15) is 22.3 Å². The van der Waals surface area contributed by atoms with Gasteiger partial charge in [0.15, 0.2) is 0 Å². The Bertz CT molecular complexity index is 4790. The summed E-state index contributed by atoms with van der Waals surface area (Å²) in [6, 6.07) is 102. The molecule has 3 heterocycles. The minimum atomic E-state index is -0.549. The molecule has 0 radical (unpaired) electrons. The zero-order chi connectivity index (χ0) is 49.9. The number of aromatic nitrogens is 2. The van der Waals surface area contributed by atoms with Crippen molar-refractivity contribution in [1.82, 2.24) is 9.13 Å². The molecule has 3 nitrogen and oxygen atoms in total. The molecule has 354 valence electrons. The largest absolute Gasteiger partial charge is 0.455 e. The van der Waals surface area contributed by atoms with Crippen LogP contribution >= 0.6 is 0 Å². The molecule has 0 amide bonds. The van der Waals surface area contributed by atoms with Crippen LogP contribution in [0.3, 0.4) is 0 Å². The third-order valence-electron chi connectivity index (χ3n) is 16.4. The summed E-state index contributed by atoms with van der Waals surface area (Å²) in [6.07, 6.45) is 0. The van der Waals surface area contributed by atoms with Gasteiger partial charge >= 0.3 is 0 Å². The molecule has 0 bridgehead atoms. The molecule has 1 atom stereocenters. The molecule has 76 heavy (non-hydrogen) atoms. The third-order valence-corrected chi connectivity index (χ3v) is 16.4. The average molecular weight is 967 g/mol. The zero-order valence-electron chi connectivity index (χ0n) is 41.4. The number of hydrogen-bond donors (Lipinski definition) is 0. The van der Waals surface area contributed by atoms with Crippen LogP contribution in [0.4, 0.5) is 0 Å². The highest BCUT2D eigenvalue weighted by molar-refractivity contribution is 6.14. The van der Waals surface area contributed by atoms with E-state index in [-0.39, 0.29) is 0 Å². The highest BCUT2D eigenvalue weighted by Crippen LogP contribution is 2.57. The highest BCUT2D eigenvalue weighted by atomic mass is 16.3. The monoisotopic (exact) mass is 966 g/mol. The van der Waals surface area contributed by atoms with Crippen LogP contribution < -0.4 is 0 Å². The van der Waals surface area contributed by atoms with Gasteiger partial charge in [0.05, 0.1) is 27.5 Å². The molecule has 3 aromatic heterocycles. The molecule has 16 rings (SSSR count). The van der Waals surface area contributed by atoms with Crippen LogP contribution in [-0.4, -0.2) is 9.13 Å². The van der Waals surface area contributed by atoms with Crippen molar-refractivity contribution in [2.24, 2.45) is 0 Å². The quantitative estimate of drug-likeness (QED) is 0.156. The minimum Gasteiger partial charge on any atom is -0.455 e. The lowest BCUT2D eigenvalue weighted by Gasteiger charge is -2.34. The summed E-state index contributed by atoms with van der Waals surface area (Å²) in [5.41, 5.74) is 22.6. The summed E-state index contributed by atoms with van der Waals surface area (Å²) in [4.78, 5) is 0. The van der Waals surface area contributed by atoms with E-state index >= 15 is 0 Å². The van der Waals surface area contributed by atoms with Crippen LogP contribution in [0, 0.1) is 0 Å². The molecular formula is C73H46N2O. The fourth-order valence-electron chi connectivity index (χ4n) is 13.1. The van der Waals surface area contributed by atoms with E-state index in [0.29, 0.717) is 0 Å². The Labute approximate surface area is 439 Å². The van der Waals surface area contributed by atoms with Crippen molar-refractivity contribution in [3.63, 3.8) is 0 Å².